The fourth-order valence-electron chi connectivity index (χ4n) is 2.05. The van der Waals surface area contributed by atoms with Crippen LogP contribution in [0.25, 0.3) is 0 Å². The van der Waals surface area contributed by atoms with Gasteiger partial charge in [0.2, 0.25) is 10.0 Å². The second-order valence-electron chi connectivity index (χ2n) is 4.18. The predicted octanol–water partition coefficient (Wildman–Crippen LogP) is 0.870. The number of carbonyl (C=O) groups excluding carboxylic acids is 1. The molecule has 1 aromatic carbocycles. The minimum absolute atomic E-state index is 0.198. The van der Waals surface area contributed by atoms with Gasteiger partial charge in [-0.1, -0.05) is 18.2 Å². The van der Waals surface area contributed by atoms with Crippen LogP contribution in [0.3, 0.4) is 0 Å². The smallest absolute Gasteiger partial charge is 0.310 e. The Labute approximate surface area is 106 Å². The van der Waals surface area contributed by atoms with Gasteiger partial charge in [-0.15, -0.1) is 0 Å². The molecule has 0 aromatic heterocycles. The van der Waals surface area contributed by atoms with Gasteiger partial charge >= 0.3 is 5.97 Å². The summed E-state index contributed by atoms with van der Waals surface area (Å²) >= 11 is 0. The Morgan fingerprint density at radius 3 is 2.61 bits per heavy atom. The second-order valence-corrected chi connectivity index (χ2v) is 6.12. The third-order valence-electron chi connectivity index (χ3n) is 3.07. The number of benzene rings is 1. The van der Waals surface area contributed by atoms with Crippen molar-refractivity contribution in [1.29, 1.82) is 0 Å². The molecular weight excluding hydrogens is 254 g/mol. The summed E-state index contributed by atoms with van der Waals surface area (Å²) in [5.41, 5.74) is 0. The molecule has 1 atom stereocenters. The maximum atomic E-state index is 12.3. The van der Waals surface area contributed by atoms with Crippen LogP contribution in [0, 0.1) is 5.92 Å². The SMILES string of the molecule is COC(=O)C1CCN(S(=O)(=O)c2ccccc2)C1. The van der Waals surface area contributed by atoms with E-state index in [4.69, 9.17) is 0 Å². The number of carbonyl (C=O) groups is 1. The van der Waals surface area contributed by atoms with E-state index in [-0.39, 0.29) is 23.3 Å². The first-order valence-corrected chi connectivity index (χ1v) is 7.12. The monoisotopic (exact) mass is 269 g/mol. The average Bonchev–Trinajstić information content (AvgIpc) is 2.89. The average molecular weight is 269 g/mol. The van der Waals surface area contributed by atoms with Gasteiger partial charge in [0.05, 0.1) is 17.9 Å². The lowest BCUT2D eigenvalue weighted by Gasteiger charge is -2.16. The molecule has 5 nitrogen and oxygen atoms in total. The zero-order chi connectivity index (χ0) is 13.2. The van der Waals surface area contributed by atoms with Crippen LogP contribution in [0.2, 0.25) is 0 Å². The largest absolute Gasteiger partial charge is 0.469 e. The zero-order valence-corrected chi connectivity index (χ0v) is 10.9. The van der Waals surface area contributed by atoms with Crippen molar-refractivity contribution in [2.45, 2.75) is 11.3 Å². The summed E-state index contributed by atoms with van der Waals surface area (Å²) in [6.45, 7) is 0.556. The first kappa shape index (κ1) is 13.0. The summed E-state index contributed by atoms with van der Waals surface area (Å²) in [6.07, 6.45) is 0.513. The van der Waals surface area contributed by atoms with Gasteiger partial charge in [-0.05, 0) is 18.6 Å². The Hall–Kier alpha value is -1.40. The Balaban J connectivity index is 2.17. The number of hydrogen-bond acceptors (Lipinski definition) is 4. The summed E-state index contributed by atoms with van der Waals surface area (Å²) in [5.74, 6) is -0.700. The Kier molecular flexibility index (Phi) is 3.68. The van der Waals surface area contributed by atoms with Crippen LogP contribution in [0.4, 0.5) is 0 Å². The quantitative estimate of drug-likeness (QED) is 0.764. The maximum Gasteiger partial charge on any atom is 0.310 e. The van der Waals surface area contributed by atoms with Gasteiger partial charge in [0.15, 0.2) is 0 Å². The number of esters is 1. The summed E-state index contributed by atoms with van der Waals surface area (Å²) < 4.78 is 30.5. The molecule has 1 aliphatic rings. The highest BCUT2D eigenvalue weighted by Gasteiger charge is 2.36. The second kappa shape index (κ2) is 5.07. The topological polar surface area (TPSA) is 63.7 Å². The standard InChI is InChI=1S/C12H15NO4S/c1-17-12(14)10-7-8-13(9-10)18(15,16)11-5-3-2-4-6-11/h2-6,10H,7-9H2,1H3. The van der Waals surface area contributed by atoms with E-state index in [0.717, 1.165) is 0 Å². The maximum absolute atomic E-state index is 12.3. The predicted molar refractivity (Wildman–Crippen MR) is 65.3 cm³/mol. The Morgan fingerprint density at radius 2 is 2.00 bits per heavy atom. The van der Waals surface area contributed by atoms with Crippen LogP contribution < -0.4 is 0 Å². The number of nitrogens with zero attached hydrogens (tertiary/aromatic N) is 1. The van der Waals surface area contributed by atoms with Crippen molar-refractivity contribution in [2.75, 3.05) is 20.2 Å². The lowest BCUT2D eigenvalue weighted by molar-refractivity contribution is -0.144. The molecule has 18 heavy (non-hydrogen) atoms. The summed E-state index contributed by atoms with van der Waals surface area (Å²) in [6, 6.07) is 8.24. The molecule has 6 heteroatoms. The van der Waals surface area contributed by atoms with Gasteiger partial charge in [-0.3, -0.25) is 4.79 Å². The van der Waals surface area contributed by atoms with E-state index in [0.29, 0.717) is 13.0 Å². The fourth-order valence-corrected chi connectivity index (χ4v) is 3.57. The third kappa shape index (κ3) is 2.39. The number of methoxy groups -OCH3 is 1. The van der Waals surface area contributed by atoms with Crippen molar-refractivity contribution in [3.05, 3.63) is 30.3 Å². The molecule has 1 aliphatic heterocycles. The Bertz CT molecular complexity index is 526. The van der Waals surface area contributed by atoms with Crippen LogP contribution in [-0.4, -0.2) is 38.9 Å². The molecule has 2 rings (SSSR count). The molecule has 1 fully saturated rings. The minimum atomic E-state index is -3.49. The van der Waals surface area contributed by atoms with Gasteiger partial charge in [0.1, 0.15) is 0 Å². The van der Waals surface area contributed by atoms with E-state index in [1.54, 1.807) is 30.3 Å². The molecule has 98 valence electrons. The first-order chi connectivity index (χ1) is 8.55. The zero-order valence-electron chi connectivity index (χ0n) is 10.1. The fraction of sp³-hybridized carbons (Fsp3) is 0.417. The number of sulfonamides is 1. The number of rotatable bonds is 3. The van der Waals surface area contributed by atoms with E-state index < -0.39 is 10.0 Å². The van der Waals surface area contributed by atoms with Gasteiger partial charge < -0.3 is 4.74 Å². The molecule has 1 saturated heterocycles. The summed E-state index contributed by atoms with van der Waals surface area (Å²) in [4.78, 5) is 11.6. The molecule has 1 heterocycles. The van der Waals surface area contributed by atoms with E-state index in [1.807, 2.05) is 0 Å². The molecule has 0 amide bonds. The first-order valence-electron chi connectivity index (χ1n) is 5.68. The van der Waals surface area contributed by atoms with Gasteiger partial charge in [0, 0.05) is 13.1 Å². The molecule has 0 bridgehead atoms. The van der Waals surface area contributed by atoms with E-state index in [9.17, 15) is 13.2 Å². The van der Waals surface area contributed by atoms with E-state index >= 15 is 0 Å². The van der Waals surface area contributed by atoms with E-state index in [2.05, 4.69) is 4.74 Å². The highest BCUT2D eigenvalue weighted by molar-refractivity contribution is 7.89. The summed E-state index contributed by atoms with van der Waals surface area (Å²) in [5, 5.41) is 0. The van der Waals surface area contributed by atoms with Crippen molar-refractivity contribution in [3.63, 3.8) is 0 Å². The van der Waals surface area contributed by atoms with Crippen molar-refractivity contribution >= 4 is 16.0 Å². The van der Waals surface area contributed by atoms with Crippen LogP contribution in [0.15, 0.2) is 35.2 Å². The van der Waals surface area contributed by atoms with Crippen LogP contribution in [0.1, 0.15) is 6.42 Å². The third-order valence-corrected chi connectivity index (χ3v) is 4.95. The normalized spacial score (nSPS) is 20.8. The van der Waals surface area contributed by atoms with Gasteiger partial charge in [-0.2, -0.15) is 4.31 Å². The molecule has 1 aromatic rings. The van der Waals surface area contributed by atoms with Crippen molar-refractivity contribution in [3.8, 4) is 0 Å². The minimum Gasteiger partial charge on any atom is -0.469 e. The highest BCUT2D eigenvalue weighted by Crippen LogP contribution is 2.24. The lowest BCUT2D eigenvalue weighted by Crippen LogP contribution is -2.30. The number of hydrogen-bond donors (Lipinski definition) is 0. The van der Waals surface area contributed by atoms with Crippen molar-refractivity contribution in [1.82, 2.24) is 4.31 Å². The van der Waals surface area contributed by atoms with Crippen molar-refractivity contribution < 1.29 is 17.9 Å². The molecule has 0 aliphatic carbocycles. The lowest BCUT2D eigenvalue weighted by atomic mass is 10.1. The molecular formula is C12H15NO4S. The molecule has 1 unspecified atom stereocenters. The van der Waals surface area contributed by atoms with Crippen LogP contribution >= 0.6 is 0 Å². The Morgan fingerprint density at radius 1 is 1.33 bits per heavy atom. The van der Waals surface area contributed by atoms with Crippen LogP contribution in [0.5, 0.6) is 0 Å². The molecule has 0 saturated carbocycles. The van der Waals surface area contributed by atoms with Crippen LogP contribution in [-0.2, 0) is 19.6 Å². The molecule has 0 N–H and O–H groups in total. The van der Waals surface area contributed by atoms with E-state index in [1.165, 1.54) is 11.4 Å². The van der Waals surface area contributed by atoms with Gasteiger partial charge in [0.25, 0.3) is 0 Å². The molecule has 0 radical (unpaired) electrons. The summed E-state index contributed by atoms with van der Waals surface area (Å²) in [7, 11) is -2.17. The molecule has 0 spiro atoms. The number of ether oxygens (including phenoxy) is 1. The van der Waals surface area contributed by atoms with Crippen molar-refractivity contribution in [2.24, 2.45) is 5.92 Å². The van der Waals surface area contributed by atoms with Gasteiger partial charge in [-0.25, -0.2) is 8.42 Å². The highest BCUT2D eigenvalue weighted by atomic mass is 32.2.